The van der Waals surface area contributed by atoms with Crippen LogP contribution in [0.5, 0.6) is 0 Å². The first-order valence-corrected chi connectivity index (χ1v) is 6.99. The van der Waals surface area contributed by atoms with Crippen LogP contribution in [0.25, 0.3) is 0 Å². The van der Waals surface area contributed by atoms with Gasteiger partial charge in [-0.2, -0.15) is 0 Å². The number of piperidine rings is 1. The molecule has 0 radical (unpaired) electrons. The molecule has 1 N–H and O–H groups in total. The molecule has 20 heavy (non-hydrogen) atoms. The quantitative estimate of drug-likeness (QED) is 0.898. The van der Waals surface area contributed by atoms with Crippen LogP contribution >= 0.6 is 0 Å². The van der Waals surface area contributed by atoms with Crippen LogP contribution in [0, 0.1) is 5.92 Å². The van der Waals surface area contributed by atoms with Gasteiger partial charge in [0, 0.05) is 30.6 Å². The summed E-state index contributed by atoms with van der Waals surface area (Å²) in [4.78, 5) is 32.7. The summed E-state index contributed by atoms with van der Waals surface area (Å²) in [6.07, 6.45) is 5.06. The Balaban J connectivity index is 1.64. The molecule has 0 spiro atoms. The molecule has 0 bridgehead atoms. The van der Waals surface area contributed by atoms with E-state index in [9.17, 15) is 9.59 Å². The zero-order chi connectivity index (χ0) is 14.1. The van der Waals surface area contributed by atoms with E-state index in [1.165, 1.54) is 6.33 Å². The molecule has 106 valence electrons. The Kier molecular flexibility index (Phi) is 3.38. The van der Waals surface area contributed by atoms with Crippen molar-refractivity contribution in [3.8, 4) is 0 Å². The van der Waals surface area contributed by atoms with Crippen molar-refractivity contribution in [3.63, 3.8) is 0 Å². The molecule has 6 heteroatoms. The van der Waals surface area contributed by atoms with Gasteiger partial charge >= 0.3 is 5.97 Å². The molecule has 6 nitrogen and oxygen atoms in total. The van der Waals surface area contributed by atoms with Crippen LogP contribution < -0.4 is 0 Å². The summed E-state index contributed by atoms with van der Waals surface area (Å²) in [7, 11) is 0. The lowest BCUT2D eigenvalue weighted by molar-refractivity contribution is -0.133. The lowest BCUT2D eigenvalue weighted by Crippen LogP contribution is -2.38. The number of carbonyl (C=O) groups excluding carboxylic acids is 1. The van der Waals surface area contributed by atoms with Gasteiger partial charge in [0.15, 0.2) is 5.69 Å². The number of rotatable bonds is 3. The summed E-state index contributed by atoms with van der Waals surface area (Å²) >= 11 is 0. The van der Waals surface area contributed by atoms with Crippen LogP contribution in [0.1, 0.15) is 47.8 Å². The third-order valence-electron chi connectivity index (χ3n) is 4.06. The minimum absolute atomic E-state index is 0.0338. The predicted octanol–water partition coefficient (Wildman–Crippen LogP) is 1.29. The molecule has 2 fully saturated rings. The van der Waals surface area contributed by atoms with Gasteiger partial charge in [-0.3, -0.25) is 4.79 Å². The van der Waals surface area contributed by atoms with E-state index < -0.39 is 5.97 Å². The van der Waals surface area contributed by atoms with E-state index in [1.54, 1.807) is 6.07 Å². The maximum atomic E-state index is 12.0. The van der Waals surface area contributed by atoms with Crippen LogP contribution in [0.2, 0.25) is 0 Å². The summed E-state index contributed by atoms with van der Waals surface area (Å²) in [6.45, 7) is 1.48. The molecule has 2 aliphatic rings. The number of carboxylic acid groups (broad SMARTS) is 1. The molecular formula is C14H17N3O3. The minimum Gasteiger partial charge on any atom is -0.477 e. The maximum Gasteiger partial charge on any atom is 0.354 e. The smallest absolute Gasteiger partial charge is 0.354 e. The Hall–Kier alpha value is -1.98. The van der Waals surface area contributed by atoms with Crippen LogP contribution in [-0.4, -0.2) is 44.9 Å². The van der Waals surface area contributed by atoms with Gasteiger partial charge in [-0.05, 0) is 31.7 Å². The maximum absolute atomic E-state index is 12.0. The van der Waals surface area contributed by atoms with E-state index in [4.69, 9.17) is 5.11 Å². The molecule has 1 aliphatic heterocycles. The van der Waals surface area contributed by atoms with Crippen LogP contribution in [0.4, 0.5) is 0 Å². The Morgan fingerprint density at radius 3 is 2.45 bits per heavy atom. The zero-order valence-corrected chi connectivity index (χ0v) is 11.2. The second-order valence-electron chi connectivity index (χ2n) is 5.51. The SMILES string of the molecule is O=C(O)c1cc(C2CCN(C(=O)C3CC3)CC2)ncn1. The summed E-state index contributed by atoms with van der Waals surface area (Å²) in [5, 5.41) is 8.95. The second-order valence-corrected chi connectivity index (χ2v) is 5.51. The van der Waals surface area contributed by atoms with Gasteiger partial charge in [0.25, 0.3) is 0 Å². The van der Waals surface area contributed by atoms with Crippen molar-refractivity contribution >= 4 is 11.9 Å². The van der Waals surface area contributed by atoms with Gasteiger partial charge in [-0.1, -0.05) is 0 Å². The molecule has 1 aromatic heterocycles. The summed E-state index contributed by atoms with van der Waals surface area (Å²) in [5.41, 5.74) is 0.808. The number of aromatic nitrogens is 2. The van der Waals surface area contributed by atoms with E-state index in [-0.39, 0.29) is 23.4 Å². The van der Waals surface area contributed by atoms with Gasteiger partial charge in [-0.15, -0.1) is 0 Å². The fourth-order valence-corrected chi connectivity index (χ4v) is 2.70. The van der Waals surface area contributed by atoms with Crippen LogP contribution in [-0.2, 0) is 4.79 Å². The molecule has 1 amide bonds. The summed E-state index contributed by atoms with van der Waals surface area (Å²) in [5.74, 6) is -0.254. The topological polar surface area (TPSA) is 83.4 Å². The average molecular weight is 275 g/mol. The van der Waals surface area contributed by atoms with E-state index in [2.05, 4.69) is 9.97 Å². The second kappa shape index (κ2) is 5.19. The Morgan fingerprint density at radius 1 is 1.15 bits per heavy atom. The van der Waals surface area contributed by atoms with Crippen molar-refractivity contribution in [2.75, 3.05) is 13.1 Å². The fourth-order valence-electron chi connectivity index (χ4n) is 2.70. The molecule has 1 saturated heterocycles. The lowest BCUT2D eigenvalue weighted by Gasteiger charge is -2.31. The van der Waals surface area contributed by atoms with Crippen LogP contribution in [0.15, 0.2) is 12.4 Å². The number of hydrogen-bond donors (Lipinski definition) is 1. The van der Waals surface area contributed by atoms with Gasteiger partial charge < -0.3 is 10.0 Å². The number of aromatic carboxylic acids is 1. The lowest BCUT2D eigenvalue weighted by atomic mass is 9.92. The van der Waals surface area contributed by atoms with Crippen LogP contribution in [0.3, 0.4) is 0 Å². The van der Waals surface area contributed by atoms with E-state index >= 15 is 0 Å². The highest BCUT2D eigenvalue weighted by atomic mass is 16.4. The summed E-state index contributed by atoms with van der Waals surface area (Å²) < 4.78 is 0. The van der Waals surface area contributed by atoms with Crippen molar-refractivity contribution in [2.45, 2.75) is 31.6 Å². The summed E-state index contributed by atoms with van der Waals surface area (Å²) in [6, 6.07) is 1.55. The number of likely N-dealkylation sites (tertiary alicyclic amines) is 1. The normalized spacial score (nSPS) is 19.9. The largest absolute Gasteiger partial charge is 0.477 e. The average Bonchev–Trinajstić information content (AvgIpc) is 3.31. The number of hydrogen-bond acceptors (Lipinski definition) is 4. The molecule has 0 unspecified atom stereocenters. The van der Waals surface area contributed by atoms with Gasteiger partial charge in [0.1, 0.15) is 6.33 Å². The first-order valence-electron chi connectivity index (χ1n) is 6.99. The molecule has 1 aromatic rings. The molecule has 3 rings (SSSR count). The monoisotopic (exact) mass is 275 g/mol. The van der Waals surface area contributed by atoms with Crippen molar-refractivity contribution < 1.29 is 14.7 Å². The molecule has 1 aliphatic carbocycles. The number of carbonyl (C=O) groups is 2. The standard InChI is InChI=1S/C14H17N3O3/c18-13(10-1-2-10)17-5-3-9(4-6-17)11-7-12(14(19)20)16-8-15-11/h7-10H,1-6H2,(H,19,20). The first-order chi connectivity index (χ1) is 9.65. The van der Waals surface area contributed by atoms with Crippen molar-refractivity contribution in [2.24, 2.45) is 5.92 Å². The number of amides is 1. The van der Waals surface area contributed by atoms with Crippen molar-refractivity contribution in [3.05, 3.63) is 23.8 Å². The zero-order valence-electron chi connectivity index (χ0n) is 11.2. The van der Waals surface area contributed by atoms with Crippen molar-refractivity contribution in [1.29, 1.82) is 0 Å². The third-order valence-corrected chi connectivity index (χ3v) is 4.06. The Morgan fingerprint density at radius 2 is 1.85 bits per heavy atom. The van der Waals surface area contributed by atoms with Crippen molar-refractivity contribution in [1.82, 2.24) is 14.9 Å². The highest BCUT2D eigenvalue weighted by molar-refractivity contribution is 5.85. The number of carboxylic acids is 1. The highest BCUT2D eigenvalue weighted by Gasteiger charge is 2.35. The third kappa shape index (κ3) is 2.64. The molecule has 0 aromatic carbocycles. The van der Waals surface area contributed by atoms with Gasteiger partial charge in [-0.25, -0.2) is 14.8 Å². The molecule has 2 heterocycles. The van der Waals surface area contributed by atoms with E-state index in [0.717, 1.165) is 44.5 Å². The van der Waals surface area contributed by atoms with Gasteiger partial charge in [0.2, 0.25) is 5.91 Å². The molecule has 1 saturated carbocycles. The first kappa shape index (κ1) is 13.0. The Bertz CT molecular complexity index is 534. The number of nitrogens with zero attached hydrogens (tertiary/aromatic N) is 3. The predicted molar refractivity (Wildman–Crippen MR) is 70.3 cm³/mol. The van der Waals surface area contributed by atoms with E-state index in [1.807, 2.05) is 4.90 Å². The Labute approximate surface area is 116 Å². The highest BCUT2D eigenvalue weighted by Crippen LogP contribution is 2.34. The fraction of sp³-hybridized carbons (Fsp3) is 0.571. The minimum atomic E-state index is -1.03. The molecular weight excluding hydrogens is 258 g/mol. The molecule has 0 atom stereocenters. The van der Waals surface area contributed by atoms with E-state index in [0.29, 0.717) is 0 Å². The van der Waals surface area contributed by atoms with Gasteiger partial charge in [0.05, 0.1) is 0 Å².